The van der Waals surface area contributed by atoms with Crippen molar-refractivity contribution in [3.63, 3.8) is 0 Å². The molecule has 0 aliphatic carbocycles. The van der Waals surface area contributed by atoms with Gasteiger partial charge in [-0.3, -0.25) is 4.90 Å². The predicted octanol–water partition coefficient (Wildman–Crippen LogP) is 1.02. The summed E-state index contributed by atoms with van der Waals surface area (Å²) in [6.07, 6.45) is 3.15. The lowest BCUT2D eigenvalue weighted by Crippen LogP contribution is -2.62. The number of hydrogen-bond acceptors (Lipinski definition) is 2. The molecule has 3 N–H and O–H groups in total. The van der Waals surface area contributed by atoms with Gasteiger partial charge in [0.05, 0.1) is 12.6 Å². The first-order valence-corrected chi connectivity index (χ1v) is 5.73. The lowest BCUT2D eigenvalue weighted by molar-refractivity contribution is -0.378. The maximum atomic E-state index is 11.9. The van der Waals surface area contributed by atoms with Gasteiger partial charge in [-0.1, -0.05) is 0 Å². The summed E-state index contributed by atoms with van der Waals surface area (Å²) in [7, 11) is 0. The second kappa shape index (κ2) is 4.84. The Morgan fingerprint density at radius 2 is 2.13 bits per heavy atom. The largest absolute Gasteiger partial charge is 0.444 e. The summed E-state index contributed by atoms with van der Waals surface area (Å²) < 4.78 is 5.37. The van der Waals surface area contributed by atoms with Gasteiger partial charge in [0.2, 0.25) is 0 Å². The zero-order valence-electron chi connectivity index (χ0n) is 10.1. The van der Waals surface area contributed by atoms with Crippen LogP contribution in [0, 0.1) is 0 Å². The molecule has 15 heavy (non-hydrogen) atoms. The Balaban J connectivity index is 2.56. The molecule has 1 heterocycles. The highest BCUT2D eigenvalue weighted by Crippen LogP contribution is 2.19. The Hall–Kier alpha value is -0.770. The first-order valence-electron chi connectivity index (χ1n) is 5.73. The summed E-state index contributed by atoms with van der Waals surface area (Å²) in [6, 6.07) is 0.272. The third-order valence-electron chi connectivity index (χ3n) is 2.59. The molecule has 0 unspecified atom stereocenters. The Labute approximate surface area is 91.8 Å². The Morgan fingerprint density at radius 1 is 1.47 bits per heavy atom. The molecule has 4 heteroatoms. The Kier molecular flexibility index (Phi) is 3.97. The average Bonchev–Trinajstić information content (AvgIpc) is 2.15. The topological polar surface area (TPSA) is 57.2 Å². The number of rotatable bonds is 1. The van der Waals surface area contributed by atoms with E-state index in [0.29, 0.717) is 0 Å². The standard InChI is InChI=1S/C11H22N2O2/c1-11(2,3)15-10(14)13-7-5-4-6-9(13)8-12/h9H,4-8,12H2,1-3H3/p+1/t9-/m1/s1. The molecule has 1 aliphatic rings. The van der Waals surface area contributed by atoms with Crippen LogP contribution in [0.25, 0.3) is 0 Å². The molecule has 1 fully saturated rings. The van der Waals surface area contributed by atoms with Gasteiger partial charge < -0.3 is 10.5 Å². The molecule has 1 saturated heterocycles. The molecule has 0 aromatic rings. The van der Waals surface area contributed by atoms with E-state index in [-0.39, 0.29) is 12.1 Å². The summed E-state index contributed by atoms with van der Waals surface area (Å²) >= 11 is 0. The van der Waals surface area contributed by atoms with E-state index in [1.54, 1.807) is 0 Å². The molecule has 1 aliphatic heterocycles. The summed E-state index contributed by atoms with van der Waals surface area (Å²) in [6.45, 7) is 7.28. The van der Waals surface area contributed by atoms with Crippen molar-refractivity contribution in [3.8, 4) is 0 Å². The monoisotopic (exact) mass is 215 g/mol. The van der Waals surface area contributed by atoms with E-state index in [4.69, 9.17) is 4.74 Å². The van der Waals surface area contributed by atoms with E-state index in [1.807, 2.05) is 25.7 Å². The van der Waals surface area contributed by atoms with E-state index >= 15 is 0 Å². The zero-order chi connectivity index (χ0) is 11.5. The van der Waals surface area contributed by atoms with Crippen molar-refractivity contribution in [2.45, 2.75) is 51.7 Å². The van der Waals surface area contributed by atoms with Gasteiger partial charge in [0.25, 0.3) is 0 Å². The number of likely N-dealkylation sites (tertiary alicyclic amines) is 1. The van der Waals surface area contributed by atoms with Crippen LogP contribution >= 0.6 is 0 Å². The number of amides is 1. The second-order valence-corrected chi connectivity index (χ2v) is 5.11. The normalized spacial score (nSPS) is 22.7. The number of hydrogen-bond donors (Lipinski definition) is 1. The molecule has 1 atom stereocenters. The average molecular weight is 215 g/mol. The highest BCUT2D eigenvalue weighted by atomic mass is 16.6. The minimum atomic E-state index is -0.403. The molecular formula is C11H23N2O2+. The fraction of sp³-hybridized carbons (Fsp3) is 0.909. The molecule has 1 amide bonds. The van der Waals surface area contributed by atoms with Crippen molar-refractivity contribution >= 4 is 6.09 Å². The number of carbonyl (C=O) groups excluding carboxylic acids is 1. The summed E-state index contributed by atoms with van der Waals surface area (Å²) in [5.74, 6) is 0. The Bertz CT molecular complexity index is 223. The first-order chi connectivity index (χ1) is 6.94. The molecule has 0 aromatic heterocycles. The van der Waals surface area contributed by atoms with E-state index < -0.39 is 5.60 Å². The predicted molar refractivity (Wildman–Crippen MR) is 58.3 cm³/mol. The molecule has 0 saturated carbocycles. The van der Waals surface area contributed by atoms with Gasteiger partial charge in [-0.25, -0.2) is 4.79 Å². The number of quaternary nitrogens is 1. The van der Waals surface area contributed by atoms with Crippen LogP contribution < -0.4 is 5.73 Å². The molecule has 0 aromatic carbocycles. The third-order valence-corrected chi connectivity index (χ3v) is 2.59. The van der Waals surface area contributed by atoms with Crippen LogP contribution in [0.15, 0.2) is 0 Å². The van der Waals surface area contributed by atoms with E-state index in [0.717, 1.165) is 25.9 Å². The van der Waals surface area contributed by atoms with E-state index in [1.165, 1.54) is 6.42 Å². The molecule has 4 nitrogen and oxygen atoms in total. The Morgan fingerprint density at radius 3 is 2.67 bits per heavy atom. The molecule has 0 spiro atoms. The number of carbonyl (C=O) groups is 1. The van der Waals surface area contributed by atoms with Crippen molar-refractivity contribution in [1.29, 1.82) is 0 Å². The van der Waals surface area contributed by atoms with Crippen LogP contribution in [-0.4, -0.2) is 35.7 Å². The molecule has 0 bridgehead atoms. The minimum absolute atomic E-state index is 0.184. The van der Waals surface area contributed by atoms with Gasteiger partial charge in [0, 0.05) is 6.54 Å². The lowest BCUT2D eigenvalue weighted by atomic mass is 10.0. The van der Waals surface area contributed by atoms with Crippen LogP contribution in [0.3, 0.4) is 0 Å². The van der Waals surface area contributed by atoms with Gasteiger partial charge in [-0.05, 0) is 40.0 Å². The summed E-state index contributed by atoms with van der Waals surface area (Å²) in [5.41, 5.74) is 3.49. The maximum Gasteiger partial charge on any atom is 0.410 e. The fourth-order valence-electron chi connectivity index (χ4n) is 1.86. The molecular weight excluding hydrogens is 192 g/mol. The van der Waals surface area contributed by atoms with Gasteiger partial charge >= 0.3 is 6.09 Å². The van der Waals surface area contributed by atoms with Crippen molar-refractivity contribution < 1.29 is 15.3 Å². The maximum absolute atomic E-state index is 11.9. The zero-order valence-corrected chi connectivity index (χ0v) is 10.1. The van der Waals surface area contributed by atoms with Crippen LogP contribution in [0.4, 0.5) is 4.79 Å². The second-order valence-electron chi connectivity index (χ2n) is 5.11. The van der Waals surface area contributed by atoms with Crippen molar-refractivity contribution in [2.24, 2.45) is 0 Å². The number of piperidine rings is 1. The number of ether oxygens (including phenoxy) is 1. The number of nitrogens with zero attached hydrogens (tertiary/aromatic N) is 1. The molecule has 0 radical (unpaired) electrons. The van der Waals surface area contributed by atoms with Crippen molar-refractivity contribution in [3.05, 3.63) is 0 Å². The highest BCUT2D eigenvalue weighted by Gasteiger charge is 2.30. The van der Waals surface area contributed by atoms with Crippen LogP contribution in [0.2, 0.25) is 0 Å². The van der Waals surface area contributed by atoms with Crippen LogP contribution in [-0.2, 0) is 4.74 Å². The summed E-state index contributed by atoms with van der Waals surface area (Å²) in [4.78, 5) is 13.7. The van der Waals surface area contributed by atoms with Gasteiger partial charge in [-0.2, -0.15) is 0 Å². The van der Waals surface area contributed by atoms with Crippen LogP contribution in [0.1, 0.15) is 40.0 Å². The van der Waals surface area contributed by atoms with Gasteiger partial charge in [0.1, 0.15) is 5.60 Å². The smallest absolute Gasteiger partial charge is 0.410 e. The lowest BCUT2D eigenvalue weighted by Gasteiger charge is -2.35. The molecule has 88 valence electrons. The SMILES string of the molecule is CC(C)(C)OC(=O)N1CCCC[C@@H]1C[NH3+]. The van der Waals surface area contributed by atoms with Crippen molar-refractivity contribution in [2.75, 3.05) is 13.1 Å². The van der Waals surface area contributed by atoms with Gasteiger partial charge in [0.15, 0.2) is 0 Å². The first kappa shape index (κ1) is 12.3. The van der Waals surface area contributed by atoms with Gasteiger partial charge in [-0.15, -0.1) is 0 Å². The van der Waals surface area contributed by atoms with E-state index in [9.17, 15) is 4.79 Å². The van der Waals surface area contributed by atoms with E-state index in [2.05, 4.69) is 5.73 Å². The minimum Gasteiger partial charge on any atom is -0.444 e. The van der Waals surface area contributed by atoms with Crippen LogP contribution in [0.5, 0.6) is 0 Å². The third kappa shape index (κ3) is 3.70. The summed E-state index contributed by atoms with van der Waals surface area (Å²) in [5, 5.41) is 0. The van der Waals surface area contributed by atoms with Crippen molar-refractivity contribution in [1.82, 2.24) is 4.90 Å². The highest BCUT2D eigenvalue weighted by molar-refractivity contribution is 5.68. The molecule has 1 rings (SSSR count). The quantitative estimate of drug-likeness (QED) is 0.710. The fourth-order valence-corrected chi connectivity index (χ4v) is 1.86.